The van der Waals surface area contributed by atoms with Gasteiger partial charge in [0.25, 0.3) is 5.91 Å². The monoisotopic (exact) mass is 327 g/mol. The van der Waals surface area contributed by atoms with E-state index < -0.39 is 5.82 Å². The van der Waals surface area contributed by atoms with Crippen molar-refractivity contribution in [2.45, 2.75) is 0 Å². The molecule has 21 heavy (non-hydrogen) atoms. The number of benzene rings is 2. The van der Waals surface area contributed by atoms with Gasteiger partial charge in [0, 0.05) is 12.6 Å². The number of rotatable bonds is 3. The molecule has 0 aromatic heterocycles. The molecule has 0 saturated carbocycles. The molecule has 4 nitrogen and oxygen atoms in total. The first-order chi connectivity index (χ1) is 9.92. The second kappa shape index (κ2) is 6.20. The van der Waals surface area contributed by atoms with Crippen molar-refractivity contribution in [1.82, 2.24) is 5.32 Å². The number of halogens is 3. The summed E-state index contributed by atoms with van der Waals surface area (Å²) in [6.07, 6.45) is 0. The molecule has 0 radical (unpaired) electrons. The highest BCUT2D eigenvalue weighted by atomic mass is 35.5. The van der Waals surface area contributed by atoms with Gasteiger partial charge in [0.2, 0.25) is 0 Å². The Morgan fingerprint density at radius 3 is 2.38 bits per heavy atom. The molecule has 2 aromatic carbocycles. The van der Waals surface area contributed by atoms with Crippen LogP contribution < -0.4 is 16.4 Å². The number of amides is 1. The van der Waals surface area contributed by atoms with E-state index >= 15 is 0 Å². The normalized spacial score (nSPS) is 10.3. The van der Waals surface area contributed by atoms with Gasteiger partial charge >= 0.3 is 0 Å². The van der Waals surface area contributed by atoms with Gasteiger partial charge in [-0.1, -0.05) is 23.2 Å². The number of carbonyl (C=O) groups is 1. The fourth-order valence-electron chi connectivity index (χ4n) is 1.75. The third kappa shape index (κ3) is 3.37. The topological polar surface area (TPSA) is 67.2 Å². The summed E-state index contributed by atoms with van der Waals surface area (Å²) in [5, 5.41) is 5.66. The van der Waals surface area contributed by atoms with E-state index in [4.69, 9.17) is 28.9 Å². The molecule has 2 rings (SSSR count). The lowest BCUT2D eigenvalue weighted by Gasteiger charge is -2.13. The Labute approximate surface area is 131 Å². The molecule has 0 aliphatic rings. The van der Waals surface area contributed by atoms with Crippen molar-refractivity contribution in [2.75, 3.05) is 18.1 Å². The molecule has 0 aliphatic heterocycles. The first kappa shape index (κ1) is 15.4. The highest BCUT2D eigenvalue weighted by Crippen LogP contribution is 2.35. The van der Waals surface area contributed by atoms with Gasteiger partial charge in [0.1, 0.15) is 5.82 Å². The van der Waals surface area contributed by atoms with Gasteiger partial charge in [0.05, 0.1) is 27.1 Å². The summed E-state index contributed by atoms with van der Waals surface area (Å²) in [6.45, 7) is 0. The molecule has 0 bridgehead atoms. The molecule has 2 aromatic rings. The van der Waals surface area contributed by atoms with E-state index in [2.05, 4.69) is 10.6 Å². The van der Waals surface area contributed by atoms with Crippen LogP contribution in [0.15, 0.2) is 30.3 Å². The van der Waals surface area contributed by atoms with Gasteiger partial charge < -0.3 is 16.4 Å². The molecule has 7 heteroatoms. The van der Waals surface area contributed by atoms with Gasteiger partial charge in [-0.05, 0) is 30.3 Å². The number of hydrogen-bond donors (Lipinski definition) is 3. The number of nitrogens with two attached hydrogens (primary N) is 1. The van der Waals surface area contributed by atoms with Crippen LogP contribution in [0.5, 0.6) is 0 Å². The van der Waals surface area contributed by atoms with E-state index in [0.29, 0.717) is 22.6 Å². The number of hydrogen-bond acceptors (Lipinski definition) is 3. The summed E-state index contributed by atoms with van der Waals surface area (Å²) < 4.78 is 13.2. The smallest absolute Gasteiger partial charge is 0.251 e. The molecular formula is C14H12Cl2FN3O. The third-order valence-electron chi connectivity index (χ3n) is 2.81. The molecular weight excluding hydrogens is 316 g/mol. The van der Waals surface area contributed by atoms with E-state index in [1.165, 1.54) is 7.05 Å². The summed E-state index contributed by atoms with van der Waals surface area (Å²) >= 11 is 11.9. The number of carbonyl (C=O) groups excluding carboxylic acids is 1. The second-order valence-electron chi connectivity index (χ2n) is 4.25. The molecule has 0 heterocycles. The van der Waals surface area contributed by atoms with Crippen molar-refractivity contribution < 1.29 is 9.18 Å². The van der Waals surface area contributed by atoms with Crippen LogP contribution in [0.3, 0.4) is 0 Å². The van der Waals surface area contributed by atoms with Crippen LogP contribution in [0, 0.1) is 5.82 Å². The zero-order valence-electron chi connectivity index (χ0n) is 11.0. The van der Waals surface area contributed by atoms with Crippen molar-refractivity contribution in [2.24, 2.45) is 0 Å². The first-order valence-corrected chi connectivity index (χ1v) is 6.71. The SMILES string of the molecule is CNC(=O)c1ccc(N)c(Nc2c(Cl)cc(F)cc2Cl)c1. The maximum atomic E-state index is 13.2. The Kier molecular flexibility index (Phi) is 4.55. The van der Waals surface area contributed by atoms with Crippen molar-refractivity contribution in [3.05, 3.63) is 51.8 Å². The standard InChI is InChI=1S/C14H12Cl2FN3O/c1-19-14(21)7-2-3-11(18)12(4-7)20-13-9(15)5-8(17)6-10(13)16/h2-6,20H,18H2,1H3,(H,19,21). The van der Waals surface area contributed by atoms with Gasteiger partial charge in [-0.2, -0.15) is 0 Å². The fraction of sp³-hybridized carbons (Fsp3) is 0.0714. The molecule has 110 valence electrons. The zero-order valence-corrected chi connectivity index (χ0v) is 12.5. The molecule has 0 aliphatic carbocycles. The van der Waals surface area contributed by atoms with Gasteiger partial charge in [0.15, 0.2) is 0 Å². The Morgan fingerprint density at radius 2 is 1.81 bits per heavy atom. The maximum Gasteiger partial charge on any atom is 0.251 e. The predicted molar refractivity (Wildman–Crippen MR) is 83.9 cm³/mol. The molecule has 0 fully saturated rings. The van der Waals surface area contributed by atoms with Crippen molar-refractivity contribution in [3.63, 3.8) is 0 Å². The van der Waals surface area contributed by atoms with Crippen LogP contribution >= 0.6 is 23.2 Å². The summed E-state index contributed by atoms with van der Waals surface area (Å²) in [5.74, 6) is -0.794. The fourth-order valence-corrected chi connectivity index (χ4v) is 2.30. The summed E-state index contributed by atoms with van der Waals surface area (Å²) in [5.41, 5.74) is 7.45. The van der Waals surface area contributed by atoms with E-state index in [0.717, 1.165) is 12.1 Å². The van der Waals surface area contributed by atoms with E-state index in [9.17, 15) is 9.18 Å². The molecule has 4 N–H and O–H groups in total. The van der Waals surface area contributed by atoms with Crippen LogP contribution in [0.1, 0.15) is 10.4 Å². The highest BCUT2D eigenvalue weighted by molar-refractivity contribution is 6.39. The zero-order chi connectivity index (χ0) is 15.6. The lowest BCUT2D eigenvalue weighted by atomic mass is 10.1. The lowest BCUT2D eigenvalue weighted by Crippen LogP contribution is -2.18. The molecule has 0 atom stereocenters. The maximum absolute atomic E-state index is 13.2. The summed E-state index contributed by atoms with van der Waals surface area (Å²) in [7, 11) is 1.53. The number of nitrogens with one attached hydrogen (secondary N) is 2. The average Bonchev–Trinajstić information content (AvgIpc) is 2.43. The van der Waals surface area contributed by atoms with E-state index in [1.54, 1.807) is 18.2 Å². The van der Waals surface area contributed by atoms with Crippen LogP contribution in [-0.2, 0) is 0 Å². The van der Waals surface area contributed by atoms with Crippen molar-refractivity contribution in [1.29, 1.82) is 0 Å². The van der Waals surface area contributed by atoms with E-state index in [-0.39, 0.29) is 16.0 Å². The minimum atomic E-state index is -0.539. The summed E-state index contributed by atoms with van der Waals surface area (Å²) in [6, 6.07) is 7.00. The predicted octanol–water partition coefficient (Wildman–Crippen LogP) is 3.82. The van der Waals surface area contributed by atoms with Crippen molar-refractivity contribution >= 4 is 46.2 Å². The van der Waals surface area contributed by atoms with Crippen LogP contribution in [0.4, 0.5) is 21.5 Å². The summed E-state index contributed by atoms with van der Waals surface area (Å²) in [4.78, 5) is 11.6. The molecule has 0 saturated heterocycles. The first-order valence-electron chi connectivity index (χ1n) is 5.95. The second-order valence-corrected chi connectivity index (χ2v) is 5.06. The van der Waals surface area contributed by atoms with Gasteiger partial charge in [-0.3, -0.25) is 4.79 Å². The van der Waals surface area contributed by atoms with Gasteiger partial charge in [-0.25, -0.2) is 4.39 Å². The van der Waals surface area contributed by atoms with E-state index in [1.807, 2.05) is 0 Å². The van der Waals surface area contributed by atoms with Crippen LogP contribution in [-0.4, -0.2) is 13.0 Å². The minimum absolute atomic E-state index is 0.116. The third-order valence-corrected chi connectivity index (χ3v) is 3.41. The Balaban J connectivity index is 2.42. The minimum Gasteiger partial charge on any atom is -0.397 e. The average molecular weight is 328 g/mol. The number of anilines is 3. The molecule has 0 spiro atoms. The van der Waals surface area contributed by atoms with Gasteiger partial charge in [-0.15, -0.1) is 0 Å². The molecule has 1 amide bonds. The van der Waals surface area contributed by atoms with Crippen LogP contribution in [0.25, 0.3) is 0 Å². The Bertz CT molecular complexity index is 684. The van der Waals surface area contributed by atoms with Crippen LogP contribution in [0.2, 0.25) is 10.0 Å². The Morgan fingerprint density at radius 1 is 1.19 bits per heavy atom. The molecule has 0 unspecified atom stereocenters. The van der Waals surface area contributed by atoms with Crippen molar-refractivity contribution in [3.8, 4) is 0 Å². The lowest BCUT2D eigenvalue weighted by molar-refractivity contribution is 0.0963. The number of nitrogen functional groups attached to an aromatic ring is 1. The Hall–Kier alpha value is -1.98. The largest absolute Gasteiger partial charge is 0.397 e. The highest BCUT2D eigenvalue weighted by Gasteiger charge is 2.12. The quantitative estimate of drug-likeness (QED) is 0.751.